The van der Waals surface area contributed by atoms with E-state index in [0.29, 0.717) is 43.4 Å². The van der Waals surface area contributed by atoms with Gasteiger partial charge < -0.3 is 14.2 Å². The van der Waals surface area contributed by atoms with E-state index in [0.717, 1.165) is 11.3 Å². The number of morpholine rings is 1. The minimum absolute atomic E-state index is 0.163. The van der Waals surface area contributed by atoms with Crippen molar-refractivity contribution in [1.29, 1.82) is 0 Å². The van der Waals surface area contributed by atoms with Gasteiger partial charge in [-0.3, -0.25) is 14.9 Å². The molecule has 4 rings (SSSR count). The van der Waals surface area contributed by atoms with E-state index in [-0.39, 0.29) is 11.8 Å². The molecule has 1 N–H and O–H groups in total. The summed E-state index contributed by atoms with van der Waals surface area (Å²) in [5, 5.41) is 2.83. The number of hydrogen-bond donors (Lipinski definition) is 1. The lowest BCUT2D eigenvalue weighted by molar-refractivity contribution is 0.0302. The van der Waals surface area contributed by atoms with Gasteiger partial charge in [0.05, 0.1) is 36.2 Å². The zero-order valence-electron chi connectivity index (χ0n) is 16.2. The largest absolute Gasteiger partial charge is 0.378 e. The van der Waals surface area contributed by atoms with Gasteiger partial charge in [-0.25, -0.2) is 4.98 Å². The summed E-state index contributed by atoms with van der Waals surface area (Å²) >= 11 is 0. The zero-order chi connectivity index (χ0) is 20.2. The topological polar surface area (TPSA) is 76.5 Å². The van der Waals surface area contributed by atoms with Gasteiger partial charge in [0.1, 0.15) is 0 Å². The van der Waals surface area contributed by atoms with Crippen molar-refractivity contribution < 1.29 is 14.3 Å². The van der Waals surface area contributed by atoms with Crippen LogP contribution in [0.1, 0.15) is 20.7 Å². The van der Waals surface area contributed by atoms with Gasteiger partial charge in [0.2, 0.25) is 5.95 Å². The lowest BCUT2D eigenvalue weighted by atomic mass is 10.1. The minimum Gasteiger partial charge on any atom is -0.378 e. The van der Waals surface area contributed by atoms with Crippen LogP contribution in [0, 0.1) is 0 Å². The highest BCUT2D eigenvalue weighted by molar-refractivity contribution is 6.11. The van der Waals surface area contributed by atoms with Crippen LogP contribution in [-0.4, -0.2) is 52.6 Å². The van der Waals surface area contributed by atoms with Gasteiger partial charge in [0, 0.05) is 20.1 Å². The van der Waals surface area contributed by atoms with E-state index >= 15 is 0 Å². The smallest absolute Gasteiger partial charge is 0.258 e. The van der Waals surface area contributed by atoms with Crippen LogP contribution in [0.2, 0.25) is 0 Å². The molecule has 0 bridgehead atoms. The molecule has 29 heavy (non-hydrogen) atoms. The summed E-state index contributed by atoms with van der Waals surface area (Å²) in [5.74, 6) is -0.109. The molecule has 0 atom stereocenters. The summed E-state index contributed by atoms with van der Waals surface area (Å²) < 4.78 is 7.13. The van der Waals surface area contributed by atoms with E-state index in [1.54, 1.807) is 35.4 Å². The molecule has 7 heteroatoms. The first kappa shape index (κ1) is 18.9. The fraction of sp³-hybridized carbons (Fsp3) is 0.227. The Kier molecular flexibility index (Phi) is 5.39. The highest BCUT2D eigenvalue weighted by Gasteiger charge is 2.24. The van der Waals surface area contributed by atoms with Crippen molar-refractivity contribution in [2.45, 2.75) is 0 Å². The normalized spacial score (nSPS) is 13.9. The standard InChI is InChI=1S/C22H22N4O3/c1-25-19(16-7-3-2-4-8-16)15-23-22(25)24-20(27)17-9-5-6-10-18(17)21(28)26-11-13-29-14-12-26/h2-10,15H,11-14H2,1H3,(H,23,24,27). The van der Waals surface area contributed by atoms with Crippen LogP contribution in [-0.2, 0) is 11.8 Å². The molecule has 1 saturated heterocycles. The lowest BCUT2D eigenvalue weighted by Gasteiger charge is -2.27. The van der Waals surface area contributed by atoms with Crippen molar-refractivity contribution in [3.63, 3.8) is 0 Å². The van der Waals surface area contributed by atoms with Gasteiger partial charge >= 0.3 is 0 Å². The van der Waals surface area contributed by atoms with Gasteiger partial charge in [-0.15, -0.1) is 0 Å². The first-order chi connectivity index (χ1) is 14.1. The molecule has 0 saturated carbocycles. The Morgan fingerprint density at radius 1 is 0.966 bits per heavy atom. The summed E-state index contributed by atoms with van der Waals surface area (Å²) in [6.07, 6.45) is 1.72. The minimum atomic E-state index is -0.365. The fourth-order valence-corrected chi connectivity index (χ4v) is 3.38. The molecule has 0 spiro atoms. The molecule has 2 amide bonds. The maximum absolute atomic E-state index is 13.0. The summed E-state index contributed by atoms with van der Waals surface area (Å²) in [7, 11) is 1.84. The summed E-state index contributed by atoms with van der Waals surface area (Å²) in [4.78, 5) is 31.9. The molecule has 1 aliphatic rings. The van der Waals surface area contributed by atoms with Crippen LogP contribution >= 0.6 is 0 Å². The number of nitrogens with one attached hydrogen (secondary N) is 1. The highest BCUT2D eigenvalue weighted by atomic mass is 16.5. The van der Waals surface area contributed by atoms with Crippen LogP contribution in [0.5, 0.6) is 0 Å². The molecule has 148 valence electrons. The van der Waals surface area contributed by atoms with E-state index < -0.39 is 0 Å². The number of benzene rings is 2. The van der Waals surface area contributed by atoms with E-state index in [2.05, 4.69) is 10.3 Å². The molecular formula is C22H22N4O3. The number of carbonyl (C=O) groups excluding carboxylic acids is 2. The maximum Gasteiger partial charge on any atom is 0.258 e. The van der Waals surface area contributed by atoms with Crippen LogP contribution in [0.4, 0.5) is 5.95 Å². The van der Waals surface area contributed by atoms with Crippen LogP contribution in [0.3, 0.4) is 0 Å². The number of carbonyl (C=O) groups is 2. The Morgan fingerprint density at radius 2 is 1.62 bits per heavy atom. The number of aromatic nitrogens is 2. The number of imidazole rings is 1. The third-order valence-corrected chi connectivity index (χ3v) is 4.98. The van der Waals surface area contributed by atoms with Crippen molar-refractivity contribution in [3.8, 4) is 11.3 Å². The SMILES string of the molecule is Cn1c(-c2ccccc2)cnc1NC(=O)c1ccccc1C(=O)N1CCOCC1. The van der Waals surface area contributed by atoms with Gasteiger partial charge in [-0.05, 0) is 17.7 Å². The summed E-state index contributed by atoms with van der Waals surface area (Å²) in [6, 6.07) is 16.7. The van der Waals surface area contributed by atoms with E-state index in [1.807, 2.05) is 41.9 Å². The quantitative estimate of drug-likeness (QED) is 0.743. The molecule has 0 radical (unpaired) electrons. The fourth-order valence-electron chi connectivity index (χ4n) is 3.38. The average Bonchev–Trinajstić information content (AvgIpc) is 3.14. The summed E-state index contributed by atoms with van der Waals surface area (Å²) in [6.45, 7) is 2.06. The van der Waals surface area contributed by atoms with Crippen molar-refractivity contribution in [2.24, 2.45) is 7.05 Å². The Bertz CT molecular complexity index is 1020. The molecule has 2 heterocycles. The van der Waals surface area contributed by atoms with Crippen molar-refractivity contribution in [1.82, 2.24) is 14.5 Å². The second kappa shape index (κ2) is 8.28. The highest BCUT2D eigenvalue weighted by Crippen LogP contribution is 2.22. The molecule has 7 nitrogen and oxygen atoms in total. The number of amides is 2. The third-order valence-electron chi connectivity index (χ3n) is 4.98. The van der Waals surface area contributed by atoms with E-state index in [4.69, 9.17) is 4.74 Å². The van der Waals surface area contributed by atoms with Gasteiger partial charge in [0.15, 0.2) is 0 Å². The maximum atomic E-state index is 13.0. The molecular weight excluding hydrogens is 368 g/mol. The van der Waals surface area contributed by atoms with Gasteiger partial charge in [-0.1, -0.05) is 42.5 Å². The monoisotopic (exact) mass is 390 g/mol. The Labute approximate surface area is 168 Å². The number of nitrogens with zero attached hydrogens (tertiary/aromatic N) is 3. The predicted molar refractivity (Wildman–Crippen MR) is 110 cm³/mol. The average molecular weight is 390 g/mol. The van der Waals surface area contributed by atoms with Gasteiger partial charge in [0.25, 0.3) is 11.8 Å². The van der Waals surface area contributed by atoms with E-state index in [1.165, 1.54) is 0 Å². The third kappa shape index (κ3) is 3.90. The number of hydrogen-bond acceptors (Lipinski definition) is 4. The second-order valence-electron chi connectivity index (χ2n) is 6.80. The van der Waals surface area contributed by atoms with Crippen LogP contribution in [0.25, 0.3) is 11.3 Å². The molecule has 1 aromatic heterocycles. The molecule has 0 unspecified atom stereocenters. The number of ether oxygens (including phenoxy) is 1. The summed E-state index contributed by atoms with van der Waals surface area (Å²) in [5.41, 5.74) is 2.60. The molecule has 2 aromatic carbocycles. The number of rotatable bonds is 4. The molecule has 0 aliphatic carbocycles. The zero-order valence-corrected chi connectivity index (χ0v) is 16.2. The Morgan fingerprint density at radius 3 is 2.34 bits per heavy atom. The second-order valence-corrected chi connectivity index (χ2v) is 6.80. The lowest BCUT2D eigenvalue weighted by Crippen LogP contribution is -2.41. The Balaban J connectivity index is 1.57. The van der Waals surface area contributed by atoms with Crippen molar-refractivity contribution in [2.75, 3.05) is 31.6 Å². The molecule has 1 fully saturated rings. The number of anilines is 1. The first-order valence-corrected chi connectivity index (χ1v) is 9.49. The Hall–Kier alpha value is -3.45. The first-order valence-electron chi connectivity index (χ1n) is 9.49. The van der Waals surface area contributed by atoms with Crippen LogP contribution < -0.4 is 5.32 Å². The molecule has 3 aromatic rings. The van der Waals surface area contributed by atoms with Crippen LogP contribution in [0.15, 0.2) is 60.8 Å². The van der Waals surface area contributed by atoms with Gasteiger partial charge in [-0.2, -0.15) is 0 Å². The van der Waals surface area contributed by atoms with E-state index in [9.17, 15) is 9.59 Å². The van der Waals surface area contributed by atoms with Crippen molar-refractivity contribution >= 4 is 17.8 Å². The molecule has 1 aliphatic heterocycles. The predicted octanol–water partition coefficient (Wildman–Crippen LogP) is 2.81. The van der Waals surface area contributed by atoms with Crippen molar-refractivity contribution in [3.05, 3.63) is 71.9 Å².